The first-order valence-corrected chi connectivity index (χ1v) is 12.9. The number of nitrogens with zero attached hydrogens (tertiary/aromatic N) is 7. The zero-order valence-electron chi connectivity index (χ0n) is 22.4. The largest absolute Gasteiger partial charge is 0.364 e. The highest BCUT2D eigenvalue weighted by molar-refractivity contribution is 6.29. The molecule has 1 saturated heterocycles. The number of aromatic nitrogens is 4. The lowest BCUT2D eigenvalue weighted by molar-refractivity contribution is 0.129. The molecule has 196 valence electrons. The van der Waals surface area contributed by atoms with E-state index >= 15 is 0 Å². The highest BCUT2D eigenvalue weighted by Crippen LogP contribution is 2.36. The van der Waals surface area contributed by atoms with Gasteiger partial charge in [0.1, 0.15) is 23.1 Å². The van der Waals surface area contributed by atoms with E-state index in [4.69, 9.17) is 11.6 Å². The number of allylic oxidation sites excluding steroid dienone is 3. The van der Waals surface area contributed by atoms with Crippen LogP contribution in [-0.4, -0.2) is 49.6 Å². The summed E-state index contributed by atoms with van der Waals surface area (Å²) in [5.41, 5.74) is 4.25. The number of anilines is 1. The molecular formula is C29H32ClN7O. The van der Waals surface area contributed by atoms with Gasteiger partial charge in [0, 0.05) is 61.3 Å². The highest BCUT2D eigenvalue weighted by Gasteiger charge is 2.36. The van der Waals surface area contributed by atoms with Gasteiger partial charge in [0.15, 0.2) is 0 Å². The smallest absolute Gasteiger partial charge is 0.252 e. The Morgan fingerprint density at radius 1 is 1.21 bits per heavy atom. The average Bonchev–Trinajstić information content (AvgIpc) is 2.90. The number of aryl methyl sites for hydroxylation is 2. The SMILES string of the molecule is C=C/C(=C\C=C(/C)Cl)C(c1cnc(C)nc1)N1C[C@H](C)N(c2cc(=O)n(C)c3ccc(C#N)nc23)C[C@H]1C. The topological polar surface area (TPSA) is 90.9 Å². The molecule has 3 aromatic rings. The molecule has 3 aromatic heterocycles. The third kappa shape index (κ3) is 5.40. The Kier molecular flexibility index (Phi) is 8.10. The summed E-state index contributed by atoms with van der Waals surface area (Å²) in [6, 6.07) is 7.17. The third-order valence-corrected chi connectivity index (χ3v) is 7.16. The molecule has 0 aliphatic carbocycles. The predicted octanol–water partition coefficient (Wildman–Crippen LogP) is 4.80. The first-order chi connectivity index (χ1) is 18.1. The van der Waals surface area contributed by atoms with Crippen molar-refractivity contribution >= 4 is 28.3 Å². The van der Waals surface area contributed by atoms with Gasteiger partial charge >= 0.3 is 0 Å². The minimum atomic E-state index is -0.135. The summed E-state index contributed by atoms with van der Waals surface area (Å²) in [6.07, 6.45) is 9.45. The van der Waals surface area contributed by atoms with Crippen LogP contribution in [0.3, 0.4) is 0 Å². The molecule has 8 nitrogen and oxygen atoms in total. The normalized spacial score (nSPS) is 19.9. The van der Waals surface area contributed by atoms with Crippen LogP contribution in [0.25, 0.3) is 11.0 Å². The van der Waals surface area contributed by atoms with Crippen LogP contribution in [0, 0.1) is 18.3 Å². The lowest BCUT2D eigenvalue weighted by Crippen LogP contribution is -2.57. The zero-order chi connectivity index (χ0) is 27.6. The van der Waals surface area contributed by atoms with Gasteiger partial charge in [0.05, 0.1) is 17.2 Å². The van der Waals surface area contributed by atoms with E-state index in [0.717, 1.165) is 16.8 Å². The van der Waals surface area contributed by atoms with Crippen molar-refractivity contribution in [2.75, 3.05) is 18.0 Å². The number of pyridine rings is 2. The molecule has 0 saturated carbocycles. The van der Waals surface area contributed by atoms with Gasteiger partial charge in [-0.15, -0.1) is 0 Å². The molecule has 0 amide bonds. The third-order valence-electron chi connectivity index (χ3n) is 7.03. The van der Waals surface area contributed by atoms with Crippen molar-refractivity contribution in [2.24, 2.45) is 7.05 Å². The molecule has 3 atom stereocenters. The Bertz CT molecular complexity index is 1510. The number of nitriles is 1. The second-order valence-electron chi connectivity index (χ2n) is 9.74. The first-order valence-electron chi connectivity index (χ1n) is 12.5. The number of piperazine rings is 1. The molecule has 1 unspecified atom stereocenters. The van der Waals surface area contributed by atoms with Gasteiger partial charge in [-0.05, 0) is 51.5 Å². The number of fused-ring (bicyclic) bond motifs is 1. The van der Waals surface area contributed by atoms with Crippen LogP contribution < -0.4 is 10.5 Å². The van der Waals surface area contributed by atoms with Gasteiger partial charge in [-0.1, -0.05) is 30.3 Å². The van der Waals surface area contributed by atoms with Crippen molar-refractivity contribution in [3.05, 3.63) is 93.4 Å². The molecule has 0 radical (unpaired) electrons. The average molecular weight is 530 g/mol. The molecule has 4 rings (SSSR count). The van der Waals surface area contributed by atoms with E-state index < -0.39 is 0 Å². The first kappa shape index (κ1) is 27.2. The number of halogens is 1. The molecule has 1 aliphatic heterocycles. The summed E-state index contributed by atoms with van der Waals surface area (Å²) in [7, 11) is 1.72. The molecule has 0 N–H and O–H groups in total. The van der Waals surface area contributed by atoms with Crippen molar-refractivity contribution < 1.29 is 0 Å². The Labute approximate surface area is 228 Å². The van der Waals surface area contributed by atoms with Crippen molar-refractivity contribution in [3.8, 4) is 6.07 Å². The summed E-state index contributed by atoms with van der Waals surface area (Å²) >= 11 is 6.15. The van der Waals surface area contributed by atoms with Gasteiger partial charge in [0.25, 0.3) is 5.56 Å². The molecule has 1 aliphatic rings. The van der Waals surface area contributed by atoms with Gasteiger partial charge in [-0.3, -0.25) is 9.69 Å². The van der Waals surface area contributed by atoms with Crippen LogP contribution in [-0.2, 0) is 7.05 Å². The van der Waals surface area contributed by atoms with E-state index in [9.17, 15) is 10.1 Å². The van der Waals surface area contributed by atoms with Crippen molar-refractivity contribution in [1.82, 2.24) is 24.4 Å². The van der Waals surface area contributed by atoms with Crippen LogP contribution in [0.15, 0.2) is 70.8 Å². The van der Waals surface area contributed by atoms with Crippen LogP contribution in [0.5, 0.6) is 0 Å². The fraction of sp³-hybridized carbons (Fsp3) is 0.345. The minimum absolute atomic E-state index is 0.0410. The standard InChI is InChI=1S/C29H32ClN7O/c1-7-22(9-8-18(2)30)29(23-14-32-21(5)33-15-23)37-17-19(3)36(16-20(37)4)26-12-27(38)35(6)25-11-10-24(13-31)34-28(25)26/h7-12,14-15,19-20,29H,1,16-17H2,2-6H3/b18-8+,22-9+/t19-,20+,29?/m0/s1. The summed E-state index contributed by atoms with van der Waals surface area (Å²) in [4.78, 5) is 31.0. The van der Waals surface area contributed by atoms with E-state index in [1.165, 1.54) is 0 Å². The Morgan fingerprint density at radius 3 is 2.55 bits per heavy atom. The second-order valence-corrected chi connectivity index (χ2v) is 10.3. The van der Waals surface area contributed by atoms with Crippen molar-refractivity contribution in [3.63, 3.8) is 0 Å². The number of rotatable bonds is 6. The maximum absolute atomic E-state index is 12.9. The van der Waals surface area contributed by atoms with Gasteiger partial charge in [-0.25, -0.2) is 15.0 Å². The maximum atomic E-state index is 12.9. The Morgan fingerprint density at radius 2 is 1.92 bits per heavy atom. The maximum Gasteiger partial charge on any atom is 0.252 e. The quantitative estimate of drug-likeness (QED) is 0.423. The van der Waals surface area contributed by atoms with E-state index in [1.54, 1.807) is 29.8 Å². The molecule has 1 fully saturated rings. The fourth-order valence-electron chi connectivity index (χ4n) is 5.04. The molecule has 0 aromatic carbocycles. The molecular weight excluding hydrogens is 498 g/mol. The van der Waals surface area contributed by atoms with E-state index in [1.807, 2.05) is 44.5 Å². The van der Waals surface area contributed by atoms with E-state index in [-0.39, 0.29) is 23.7 Å². The summed E-state index contributed by atoms with van der Waals surface area (Å²) < 4.78 is 1.57. The molecule has 38 heavy (non-hydrogen) atoms. The van der Waals surface area contributed by atoms with Crippen LogP contribution >= 0.6 is 11.6 Å². The van der Waals surface area contributed by atoms with Crippen molar-refractivity contribution in [2.45, 2.75) is 45.8 Å². The monoisotopic (exact) mass is 529 g/mol. The predicted molar refractivity (Wildman–Crippen MR) is 152 cm³/mol. The van der Waals surface area contributed by atoms with E-state index in [0.29, 0.717) is 40.7 Å². The number of hydrogen-bond donors (Lipinski definition) is 0. The highest BCUT2D eigenvalue weighted by atomic mass is 35.5. The molecule has 0 bridgehead atoms. The summed E-state index contributed by atoms with van der Waals surface area (Å²) in [6.45, 7) is 13.4. The van der Waals surface area contributed by atoms with Crippen molar-refractivity contribution in [1.29, 1.82) is 5.26 Å². The van der Waals surface area contributed by atoms with Gasteiger partial charge in [0.2, 0.25) is 0 Å². The second kappa shape index (κ2) is 11.3. The Hall–Kier alpha value is -3.80. The summed E-state index contributed by atoms with van der Waals surface area (Å²) in [5, 5.41) is 10.1. The number of hydrogen-bond acceptors (Lipinski definition) is 7. The van der Waals surface area contributed by atoms with Gasteiger partial charge in [-0.2, -0.15) is 5.26 Å². The Balaban J connectivity index is 1.78. The van der Waals surface area contributed by atoms with E-state index in [2.05, 4.69) is 51.2 Å². The molecule has 0 spiro atoms. The molecule has 9 heteroatoms. The minimum Gasteiger partial charge on any atom is -0.364 e. The van der Waals surface area contributed by atoms with Gasteiger partial charge < -0.3 is 9.47 Å². The lowest BCUT2D eigenvalue weighted by Gasteiger charge is -2.48. The van der Waals surface area contributed by atoms with Crippen LogP contribution in [0.1, 0.15) is 43.9 Å². The molecule has 4 heterocycles. The van der Waals surface area contributed by atoms with Crippen LogP contribution in [0.2, 0.25) is 0 Å². The summed E-state index contributed by atoms with van der Waals surface area (Å²) in [5.74, 6) is 0.709. The van der Waals surface area contributed by atoms with Crippen LogP contribution in [0.4, 0.5) is 5.69 Å². The lowest BCUT2D eigenvalue weighted by atomic mass is 9.94. The zero-order valence-corrected chi connectivity index (χ0v) is 23.1. The fourth-order valence-corrected chi connectivity index (χ4v) is 5.11.